The van der Waals surface area contributed by atoms with Gasteiger partial charge in [-0.3, -0.25) is 4.79 Å². The zero-order valence-corrected chi connectivity index (χ0v) is 7.91. The third-order valence-corrected chi connectivity index (χ3v) is 1.06. The van der Waals surface area contributed by atoms with Crippen LogP contribution in [0.25, 0.3) is 0 Å². The molecule has 0 unspecified atom stereocenters. The van der Waals surface area contributed by atoms with Gasteiger partial charge in [0.1, 0.15) is 0 Å². The van der Waals surface area contributed by atoms with Gasteiger partial charge in [-0.25, -0.2) is 0 Å². The highest BCUT2D eigenvalue weighted by Gasteiger charge is 1.89. The standard InChI is InChI=1S/C4H8O2.C4H10O2/c1-3-4(5)6-2;1-2-3-4(5)6/h3H2,1-2H3;4-6H,2-3H2,1H3. The number of aliphatic hydroxyl groups excluding tert-OH is 1. The fourth-order valence-corrected chi connectivity index (χ4v) is 0.403. The van der Waals surface area contributed by atoms with Crippen molar-refractivity contribution < 1.29 is 19.7 Å². The Morgan fingerprint density at radius 2 is 1.92 bits per heavy atom. The summed E-state index contributed by atoms with van der Waals surface area (Å²) >= 11 is 0. The highest BCUT2D eigenvalue weighted by atomic mass is 16.5. The first-order chi connectivity index (χ1) is 5.58. The number of esters is 1. The molecule has 0 atom stereocenters. The number of hydrogen-bond donors (Lipinski definition) is 2. The lowest BCUT2D eigenvalue weighted by Gasteiger charge is -1.94. The first-order valence-electron chi connectivity index (χ1n) is 4.01. The second-order valence-corrected chi connectivity index (χ2v) is 2.20. The van der Waals surface area contributed by atoms with Gasteiger partial charge in [0, 0.05) is 6.42 Å². The Morgan fingerprint density at radius 1 is 1.42 bits per heavy atom. The molecular formula is C8H18O4. The fourth-order valence-electron chi connectivity index (χ4n) is 0.403. The molecule has 0 fully saturated rings. The van der Waals surface area contributed by atoms with Crippen LogP contribution in [0, 0.1) is 0 Å². The van der Waals surface area contributed by atoms with Gasteiger partial charge >= 0.3 is 5.97 Å². The van der Waals surface area contributed by atoms with Crippen molar-refractivity contribution in [3.63, 3.8) is 0 Å². The summed E-state index contributed by atoms with van der Waals surface area (Å²) in [4.78, 5) is 9.96. The van der Waals surface area contributed by atoms with Crippen LogP contribution in [0.3, 0.4) is 0 Å². The number of hydrogen-bond acceptors (Lipinski definition) is 4. The van der Waals surface area contributed by atoms with Crippen LogP contribution in [0.15, 0.2) is 0 Å². The molecule has 4 heteroatoms. The number of rotatable bonds is 3. The van der Waals surface area contributed by atoms with Gasteiger partial charge in [-0.1, -0.05) is 20.3 Å². The van der Waals surface area contributed by atoms with Crippen molar-refractivity contribution in [2.75, 3.05) is 7.11 Å². The number of carbonyl (C=O) groups is 1. The van der Waals surface area contributed by atoms with Gasteiger partial charge in [0.2, 0.25) is 0 Å². The lowest BCUT2D eigenvalue weighted by molar-refractivity contribution is -0.140. The average molecular weight is 178 g/mol. The first kappa shape index (κ1) is 13.9. The smallest absolute Gasteiger partial charge is 0.305 e. The number of ether oxygens (including phenoxy) is 1. The quantitative estimate of drug-likeness (QED) is 0.492. The molecule has 4 nitrogen and oxygen atoms in total. The van der Waals surface area contributed by atoms with Crippen LogP contribution < -0.4 is 0 Å². The van der Waals surface area contributed by atoms with Gasteiger partial charge in [0.05, 0.1) is 7.11 Å². The van der Waals surface area contributed by atoms with Crippen molar-refractivity contribution in [1.29, 1.82) is 0 Å². The first-order valence-corrected chi connectivity index (χ1v) is 4.01. The largest absolute Gasteiger partial charge is 0.469 e. The lowest BCUT2D eigenvalue weighted by Crippen LogP contribution is -2.01. The Bertz CT molecular complexity index is 95.2. The molecule has 0 aliphatic rings. The predicted molar refractivity (Wildman–Crippen MR) is 45.4 cm³/mol. The number of aliphatic hydroxyl groups is 2. The maximum Gasteiger partial charge on any atom is 0.305 e. The molecule has 0 saturated carbocycles. The molecule has 0 aliphatic heterocycles. The molecule has 0 aromatic heterocycles. The van der Waals surface area contributed by atoms with E-state index in [1.807, 2.05) is 6.92 Å². The fraction of sp³-hybridized carbons (Fsp3) is 0.875. The van der Waals surface area contributed by atoms with E-state index in [2.05, 4.69) is 4.74 Å². The molecule has 0 bridgehead atoms. The Balaban J connectivity index is 0. The van der Waals surface area contributed by atoms with E-state index in [4.69, 9.17) is 10.2 Å². The summed E-state index contributed by atoms with van der Waals surface area (Å²) in [6.45, 7) is 3.66. The summed E-state index contributed by atoms with van der Waals surface area (Å²) < 4.78 is 4.26. The van der Waals surface area contributed by atoms with Crippen LogP contribution >= 0.6 is 0 Å². The van der Waals surface area contributed by atoms with Crippen LogP contribution in [0.2, 0.25) is 0 Å². The van der Waals surface area contributed by atoms with Crippen molar-refractivity contribution in [2.24, 2.45) is 0 Å². The van der Waals surface area contributed by atoms with Gasteiger partial charge in [-0.15, -0.1) is 0 Å². The van der Waals surface area contributed by atoms with Crippen LogP contribution in [-0.4, -0.2) is 29.6 Å². The summed E-state index contributed by atoms with van der Waals surface area (Å²) in [7, 11) is 1.38. The van der Waals surface area contributed by atoms with Crippen molar-refractivity contribution in [1.82, 2.24) is 0 Å². The Kier molecular flexibility index (Phi) is 12.1. The average Bonchev–Trinajstić information content (AvgIpc) is 2.04. The van der Waals surface area contributed by atoms with Crippen LogP contribution in [0.4, 0.5) is 0 Å². The molecule has 2 N–H and O–H groups in total. The van der Waals surface area contributed by atoms with Crippen LogP contribution in [0.5, 0.6) is 0 Å². The molecular weight excluding hydrogens is 160 g/mol. The third-order valence-electron chi connectivity index (χ3n) is 1.06. The lowest BCUT2D eigenvalue weighted by atomic mass is 10.3. The highest BCUT2D eigenvalue weighted by molar-refractivity contribution is 5.68. The summed E-state index contributed by atoms with van der Waals surface area (Å²) in [5.74, 6) is -0.157. The van der Waals surface area contributed by atoms with Crippen molar-refractivity contribution in [3.05, 3.63) is 0 Å². The normalized spacial score (nSPS) is 8.83. The summed E-state index contributed by atoms with van der Waals surface area (Å²) in [5.41, 5.74) is 0. The highest BCUT2D eigenvalue weighted by Crippen LogP contribution is 1.88. The van der Waals surface area contributed by atoms with Gasteiger partial charge < -0.3 is 14.9 Å². The van der Waals surface area contributed by atoms with Gasteiger partial charge in [0.15, 0.2) is 6.29 Å². The molecule has 0 saturated heterocycles. The molecule has 0 heterocycles. The molecule has 0 rings (SSSR count). The summed E-state index contributed by atoms with van der Waals surface area (Å²) in [6, 6.07) is 0. The van der Waals surface area contributed by atoms with Gasteiger partial charge in [-0.05, 0) is 6.42 Å². The SMILES string of the molecule is CCC(=O)OC.CCCC(O)O. The Hall–Kier alpha value is -0.610. The molecule has 0 aromatic rings. The second-order valence-electron chi connectivity index (χ2n) is 2.20. The maximum atomic E-state index is 9.96. The molecule has 0 spiro atoms. The zero-order valence-electron chi connectivity index (χ0n) is 7.91. The molecule has 0 amide bonds. The molecule has 12 heavy (non-hydrogen) atoms. The topological polar surface area (TPSA) is 66.8 Å². The number of carbonyl (C=O) groups excluding carboxylic acids is 1. The maximum absolute atomic E-state index is 9.96. The van der Waals surface area contributed by atoms with E-state index in [-0.39, 0.29) is 5.97 Å². The van der Waals surface area contributed by atoms with E-state index in [9.17, 15) is 4.79 Å². The van der Waals surface area contributed by atoms with E-state index >= 15 is 0 Å². The van der Waals surface area contributed by atoms with Crippen molar-refractivity contribution >= 4 is 5.97 Å². The minimum absolute atomic E-state index is 0.157. The van der Waals surface area contributed by atoms with Crippen molar-refractivity contribution in [2.45, 2.75) is 39.4 Å². The molecule has 74 valence electrons. The Morgan fingerprint density at radius 3 is 1.92 bits per heavy atom. The van der Waals surface area contributed by atoms with E-state index in [0.717, 1.165) is 6.42 Å². The van der Waals surface area contributed by atoms with E-state index in [1.165, 1.54) is 7.11 Å². The van der Waals surface area contributed by atoms with E-state index in [1.54, 1.807) is 6.92 Å². The monoisotopic (exact) mass is 178 g/mol. The van der Waals surface area contributed by atoms with Crippen LogP contribution in [0.1, 0.15) is 33.1 Å². The van der Waals surface area contributed by atoms with Gasteiger partial charge in [0.25, 0.3) is 0 Å². The zero-order chi connectivity index (χ0) is 9.98. The number of methoxy groups -OCH3 is 1. The minimum Gasteiger partial charge on any atom is -0.469 e. The summed E-state index contributed by atoms with van der Waals surface area (Å²) in [6.07, 6.45) is 0.684. The van der Waals surface area contributed by atoms with E-state index < -0.39 is 6.29 Å². The molecule has 0 aliphatic carbocycles. The minimum atomic E-state index is -1.10. The molecule has 0 radical (unpaired) electrons. The predicted octanol–water partition coefficient (Wildman–Crippen LogP) is 0.667. The van der Waals surface area contributed by atoms with Crippen molar-refractivity contribution in [3.8, 4) is 0 Å². The Labute approximate surface area is 73.2 Å². The second kappa shape index (κ2) is 10.4. The molecule has 0 aromatic carbocycles. The van der Waals surface area contributed by atoms with Crippen LogP contribution in [-0.2, 0) is 9.53 Å². The summed E-state index contributed by atoms with van der Waals surface area (Å²) in [5, 5.41) is 16.2. The third kappa shape index (κ3) is 16.2. The van der Waals surface area contributed by atoms with E-state index in [0.29, 0.717) is 12.8 Å². The van der Waals surface area contributed by atoms with Gasteiger partial charge in [-0.2, -0.15) is 0 Å².